The molecule has 30 heavy (non-hydrogen) atoms. The molecule has 0 aliphatic carbocycles. The van der Waals surface area contributed by atoms with Crippen molar-refractivity contribution in [3.8, 4) is 5.75 Å². The van der Waals surface area contributed by atoms with Gasteiger partial charge in [0, 0.05) is 12.8 Å². The van der Waals surface area contributed by atoms with E-state index in [1.165, 1.54) is 0 Å². The average molecular weight is 456 g/mol. The number of ether oxygens (including phenoxy) is 1. The van der Waals surface area contributed by atoms with Gasteiger partial charge in [-0.1, -0.05) is 43.9 Å². The van der Waals surface area contributed by atoms with Gasteiger partial charge < -0.3 is 20.6 Å². The Kier molecular flexibility index (Phi) is 16.1. The third-order valence-electron chi connectivity index (χ3n) is 3.80. The number of unbranched alkanes of at least 4 members (excludes halogenated alkanes) is 5. The third kappa shape index (κ3) is 14.9. The number of hydrogen-bond donors (Lipinski definition) is 2. The molecule has 0 aliphatic rings. The quantitative estimate of drug-likeness (QED) is 0.147. The van der Waals surface area contributed by atoms with E-state index in [-0.39, 0.29) is 43.4 Å². The van der Waals surface area contributed by atoms with Gasteiger partial charge in [0.25, 0.3) is 0 Å². The average Bonchev–Trinajstić information content (AvgIpc) is 2.68. The number of aliphatic hydroxyl groups is 2. The molecule has 0 spiro atoms. The zero-order valence-electron chi connectivity index (χ0n) is 18.2. The number of aliphatic hydroxyl groups excluding tert-OH is 2. The standard InChI is InChI=1S/C19H28O9S.Na.H/c20-14-16(21)15-26-29(24,25)28-19(23)13-9-4-2-1-3-8-12-18(22)27-17-10-6-5-7-11-17;;/h5-7,10-11,16,20-21H,1-4,8-9,12-15H2;;/q;+1;-1. The minimum Gasteiger partial charge on any atom is -1.00 e. The molecule has 0 bridgehead atoms. The first-order chi connectivity index (χ1) is 13.8. The molecule has 0 saturated carbocycles. The Balaban J connectivity index is 0. The van der Waals surface area contributed by atoms with E-state index in [0.717, 1.165) is 19.3 Å². The molecule has 0 aliphatic heterocycles. The molecule has 1 aromatic carbocycles. The second-order valence-electron chi connectivity index (χ2n) is 6.39. The summed E-state index contributed by atoms with van der Waals surface area (Å²) >= 11 is 0. The smallest absolute Gasteiger partial charge is 1.00 e. The zero-order valence-corrected chi connectivity index (χ0v) is 20.0. The van der Waals surface area contributed by atoms with Crippen LogP contribution in [0.5, 0.6) is 5.75 Å². The predicted octanol–water partition coefficient (Wildman–Crippen LogP) is -1.01. The molecule has 11 heteroatoms. The van der Waals surface area contributed by atoms with Crippen molar-refractivity contribution >= 4 is 22.3 Å². The maximum absolute atomic E-state index is 11.7. The van der Waals surface area contributed by atoms with Crippen LogP contribution in [-0.4, -0.2) is 49.9 Å². The van der Waals surface area contributed by atoms with E-state index in [9.17, 15) is 18.0 Å². The van der Waals surface area contributed by atoms with Crippen LogP contribution in [0.4, 0.5) is 0 Å². The second kappa shape index (κ2) is 16.7. The van der Waals surface area contributed by atoms with Crippen LogP contribution >= 0.6 is 0 Å². The van der Waals surface area contributed by atoms with Gasteiger partial charge in [-0.25, -0.2) is 4.18 Å². The van der Waals surface area contributed by atoms with Crippen LogP contribution in [-0.2, 0) is 28.4 Å². The van der Waals surface area contributed by atoms with Crippen molar-refractivity contribution in [2.45, 2.75) is 57.5 Å². The van der Waals surface area contributed by atoms with Gasteiger partial charge in [0.15, 0.2) is 0 Å². The van der Waals surface area contributed by atoms with Crippen molar-refractivity contribution in [2.75, 3.05) is 13.2 Å². The summed E-state index contributed by atoms with van der Waals surface area (Å²) in [5, 5.41) is 17.6. The van der Waals surface area contributed by atoms with Crippen LogP contribution in [0, 0.1) is 0 Å². The molecule has 0 aromatic heterocycles. The molecular weight excluding hydrogens is 427 g/mol. The van der Waals surface area contributed by atoms with Gasteiger partial charge in [-0.3, -0.25) is 9.59 Å². The summed E-state index contributed by atoms with van der Waals surface area (Å²) in [5.74, 6) is -0.678. The summed E-state index contributed by atoms with van der Waals surface area (Å²) in [6.07, 6.45) is 3.35. The molecule has 0 fully saturated rings. The van der Waals surface area contributed by atoms with E-state index in [0.29, 0.717) is 31.4 Å². The molecule has 9 nitrogen and oxygen atoms in total. The van der Waals surface area contributed by atoms with E-state index in [2.05, 4.69) is 8.37 Å². The summed E-state index contributed by atoms with van der Waals surface area (Å²) in [4.78, 5) is 23.2. The zero-order chi connectivity index (χ0) is 21.5. The Morgan fingerprint density at radius 2 is 1.47 bits per heavy atom. The molecule has 0 heterocycles. The summed E-state index contributed by atoms with van der Waals surface area (Å²) in [7, 11) is -4.54. The van der Waals surface area contributed by atoms with E-state index in [4.69, 9.17) is 14.9 Å². The Hall–Kier alpha value is -1.01. The fourth-order valence-electron chi connectivity index (χ4n) is 2.31. The Morgan fingerprint density at radius 1 is 0.933 bits per heavy atom. The van der Waals surface area contributed by atoms with Gasteiger partial charge in [-0.2, -0.15) is 8.42 Å². The fourth-order valence-corrected chi connectivity index (χ4v) is 2.99. The monoisotopic (exact) mass is 456 g/mol. The van der Waals surface area contributed by atoms with Gasteiger partial charge in [-0.05, 0) is 25.0 Å². The molecule has 1 unspecified atom stereocenters. The minimum absolute atomic E-state index is 0. The molecule has 0 saturated heterocycles. The van der Waals surface area contributed by atoms with Crippen molar-refractivity contribution in [2.24, 2.45) is 0 Å². The van der Waals surface area contributed by atoms with E-state index < -0.39 is 35.7 Å². The number of hydrogen-bond acceptors (Lipinski definition) is 9. The molecule has 166 valence electrons. The first-order valence-electron chi connectivity index (χ1n) is 9.48. The number of esters is 1. The maximum Gasteiger partial charge on any atom is 1.00 e. The van der Waals surface area contributed by atoms with Crippen LogP contribution in [0.15, 0.2) is 30.3 Å². The normalized spacial score (nSPS) is 11.9. The van der Waals surface area contributed by atoms with E-state index in [1.54, 1.807) is 24.3 Å². The number of rotatable bonds is 15. The number of carbonyl (C=O) groups excluding carboxylic acids is 2. The van der Waals surface area contributed by atoms with E-state index >= 15 is 0 Å². The Morgan fingerprint density at radius 3 is 2.03 bits per heavy atom. The van der Waals surface area contributed by atoms with Crippen LogP contribution in [0.2, 0.25) is 0 Å². The van der Waals surface area contributed by atoms with Crippen molar-refractivity contribution in [1.29, 1.82) is 0 Å². The molecule has 2 N–H and O–H groups in total. The Bertz CT molecular complexity index is 716. The fraction of sp³-hybridized carbons (Fsp3) is 0.579. The third-order valence-corrected chi connectivity index (χ3v) is 4.61. The summed E-state index contributed by atoms with van der Waals surface area (Å²) in [5.41, 5.74) is 0. The van der Waals surface area contributed by atoms with Crippen LogP contribution in [0.1, 0.15) is 52.8 Å². The van der Waals surface area contributed by atoms with Gasteiger partial charge in [0.1, 0.15) is 11.9 Å². The summed E-state index contributed by atoms with van der Waals surface area (Å²) in [6, 6.07) is 8.87. The van der Waals surface area contributed by atoms with Gasteiger partial charge in [0.05, 0.1) is 13.2 Å². The molecule has 0 amide bonds. The molecular formula is C19H29NaO9S. The van der Waals surface area contributed by atoms with Crippen LogP contribution in [0.25, 0.3) is 0 Å². The molecule has 1 rings (SSSR count). The number of para-hydroxylation sites is 1. The first kappa shape index (κ1) is 29.0. The van der Waals surface area contributed by atoms with Crippen molar-refractivity contribution in [3.05, 3.63) is 30.3 Å². The molecule has 1 atom stereocenters. The largest absolute Gasteiger partial charge is 1.00 e. The first-order valence-corrected chi connectivity index (χ1v) is 10.8. The molecule has 0 radical (unpaired) electrons. The number of benzene rings is 1. The SMILES string of the molecule is O=C(CCCCCCCCC(=O)OS(=O)(=O)OCC(O)CO)Oc1ccccc1.[H-].[Na+]. The summed E-state index contributed by atoms with van der Waals surface area (Å²) < 4.78 is 36.4. The Labute approximate surface area is 200 Å². The topological polar surface area (TPSA) is 136 Å². The van der Waals surface area contributed by atoms with Crippen molar-refractivity contribution in [1.82, 2.24) is 0 Å². The maximum atomic E-state index is 11.7. The van der Waals surface area contributed by atoms with Gasteiger partial charge in [0.2, 0.25) is 0 Å². The van der Waals surface area contributed by atoms with Gasteiger partial charge >= 0.3 is 51.9 Å². The summed E-state index contributed by atoms with van der Waals surface area (Å²) in [6.45, 7) is -1.36. The van der Waals surface area contributed by atoms with Crippen molar-refractivity contribution in [3.63, 3.8) is 0 Å². The second-order valence-corrected chi connectivity index (χ2v) is 7.61. The minimum atomic E-state index is -4.54. The van der Waals surface area contributed by atoms with Crippen molar-refractivity contribution < 1.29 is 72.3 Å². The van der Waals surface area contributed by atoms with Crippen LogP contribution in [0.3, 0.4) is 0 Å². The van der Waals surface area contributed by atoms with Gasteiger partial charge in [-0.15, -0.1) is 0 Å². The molecule has 1 aromatic rings. The van der Waals surface area contributed by atoms with Crippen LogP contribution < -0.4 is 34.3 Å². The number of carbonyl (C=O) groups is 2. The predicted molar refractivity (Wildman–Crippen MR) is 104 cm³/mol. The van der Waals surface area contributed by atoms with E-state index in [1.807, 2.05) is 6.07 Å².